The molecule has 1 N–H and O–H groups in total. The third kappa shape index (κ3) is 5.81. The zero-order chi connectivity index (χ0) is 24.9. The number of ether oxygens (including phenoxy) is 1. The summed E-state index contributed by atoms with van der Waals surface area (Å²) in [6, 6.07) is 14.5. The first-order chi connectivity index (χ1) is 16.9. The zero-order valence-electron chi connectivity index (χ0n) is 20.0. The summed E-state index contributed by atoms with van der Waals surface area (Å²) in [7, 11) is 1.67. The van der Waals surface area contributed by atoms with Crippen molar-refractivity contribution in [3.63, 3.8) is 0 Å². The van der Waals surface area contributed by atoms with Crippen LogP contribution in [0, 0.1) is 0 Å². The fraction of sp³-hybridized carbons (Fsp3) is 0.385. The fourth-order valence-electron chi connectivity index (χ4n) is 4.53. The molecule has 1 saturated heterocycles. The number of hydrogen-bond acceptors (Lipinski definition) is 5. The molecule has 4 rings (SSSR count). The van der Waals surface area contributed by atoms with E-state index in [-0.39, 0.29) is 12.6 Å². The van der Waals surface area contributed by atoms with E-state index in [1.807, 2.05) is 6.07 Å². The summed E-state index contributed by atoms with van der Waals surface area (Å²) in [6.45, 7) is 6.79. The fourth-order valence-corrected chi connectivity index (χ4v) is 4.95. The molecule has 2 aliphatic heterocycles. The number of benzene rings is 2. The lowest BCUT2D eigenvalue weighted by molar-refractivity contribution is -0.139. The van der Waals surface area contributed by atoms with Crippen LogP contribution in [0.2, 0.25) is 10.0 Å². The van der Waals surface area contributed by atoms with Crippen LogP contribution >= 0.6 is 23.2 Å². The molecule has 1 fully saturated rings. The van der Waals surface area contributed by atoms with E-state index in [1.54, 1.807) is 32.2 Å². The minimum Gasteiger partial charge on any atom is -0.463 e. The van der Waals surface area contributed by atoms with Crippen molar-refractivity contribution in [2.24, 2.45) is 0 Å². The van der Waals surface area contributed by atoms with Crippen molar-refractivity contribution >= 4 is 35.2 Å². The Balaban J connectivity index is 1.58. The number of rotatable bonds is 7. The molecule has 7 nitrogen and oxygen atoms in total. The van der Waals surface area contributed by atoms with Gasteiger partial charge in [0.1, 0.15) is 0 Å². The average molecular weight is 517 g/mol. The highest BCUT2D eigenvalue weighted by atomic mass is 35.5. The Morgan fingerprint density at radius 2 is 1.66 bits per heavy atom. The number of carbonyl (C=O) groups is 2. The summed E-state index contributed by atoms with van der Waals surface area (Å²) in [5.41, 5.74) is 2.85. The molecule has 1 atom stereocenters. The van der Waals surface area contributed by atoms with Crippen LogP contribution in [-0.2, 0) is 16.1 Å². The molecule has 2 aromatic carbocycles. The maximum atomic E-state index is 13.2. The highest BCUT2D eigenvalue weighted by molar-refractivity contribution is 6.42. The predicted octanol–water partition coefficient (Wildman–Crippen LogP) is 4.32. The minimum atomic E-state index is -0.752. The van der Waals surface area contributed by atoms with Crippen LogP contribution < -0.4 is 5.32 Å². The van der Waals surface area contributed by atoms with Gasteiger partial charge in [0.2, 0.25) is 0 Å². The van der Waals surface area contributed by atoms with Gasteiger partial charge in [0.15, 0.2) is 0 Å². The largest absolute Gasteiger partial charge is 0.463 e. The third-order valence-electron chi connectivity index (χ3n) is 6.45. The number of esters is 1. The molecule has 0 saturated carbocycles. The predicted molar refractivity (Wildman–Crippen MR) is 137 cm³/mol. The maximum Gasteiger partial charge on any atom is 0.338 e. The van der Waals surface area contributed by atoms with Gasteiger partial charge in [-0.15, -0.1) is 0 Å². The molecular formula is C26H30Cl2N4O3. The number of likely N-dealkylation sites (N-methyl/N-ethyl adjacent to an activating group) is 1. The average Bonchev–Trinajstić information content (AvgIpc) is 2.85. The first kappa shape index (κ1) is 25.5. The number of hydrogen-bond donors (Lipinski definition) is 1. The van der Waals surface area contributed by atoms with Crippen LogP contribution in [0.5, 0.6) is 0 Å². The zero-order valence-corrected chi connectivity index (χ0v) is 21.5. The maximum absolute atomic E-state index is 13.2. The second-order valence-electron chi connectivity index (χ2n) is 8.70. The van der Waals surface area contributed by atoms with E-state index in [9.17, 15) is 9.59 Å². The standard InChI is InChI=1S/C26H30Cl2N4O3/c1-3-35-25(33)22-21(17-32-14-12-31(13-15-32)16-18-8-5-4-6-9-18)30(2)26(34)29-24(22)19-10-7-11-20(27)23(19)28/h4-11,24H,3,12-17H2,1-2H3,(H,29,34)/t24-/m0/s1. The topological polar surface area (TPSA) is 65.1 Å². The molecule has 2 amide bonds. The Morgan fingerprint density at radius 1 is 1.00 bits per heavy atom. The van der Waals surface area contributed by atoms with E-state index < -0.39 is 12.0 Å². The van der Waals surface area contributed by atoms with E-state index in [4.69, 9.17) is 27.9 Å². The van der Waals surface area contributed by atoms with Crippen LogP contribution in [-0.4, -0.2) is 73.1 Å². The Morgan fingerprint density at radius 3 is 2.31 bits per heavy atom. The van der Waals surface area contributed by atoms with E-state index in [1.165, 1.54) is 10.5 Å². The van der Waals surface area contributed by atoms with Gasteiger partial charge in [-0.05, 0) is 24.1 Å². The van der Waals surface area contributed by atoms with E-state index in [0.717, 1.165) is 32.7 Å². The van der Waals surface area contributed by atoms with Gasteiger partial charge in [-0.1, -0.05) is 65.7 Å². The molecular weight excluding hydrogens is 487 g/mol. The Labute approximate surface area is 216 Å². The van der Waals surface area contributed by atoms with Crippen LogP contribution in [0.3, 0.4) is 0 Å². The van der Waals surface area contributed by atoms with Gasteiger partial charge in [-0.3, -0.25) is 14.7 Å². The molecule has 0 spiro atoms. The molecule has 0 unspecified atom stereocenters. The van der Waals surface area contributed by atoms with Gasteiger partial charge < -0.3 is 10.1 Å². The lowest BCUT2D eigenvalue weighted by Gasteiger charge is -2.39. The summed E-state index contributed by atoms with van der Waals surface area (Å²) in [5, 5.41) is 3.56. The summed E-state index contributed by atoms with van der Waals surface area (Å²) < 4.78 is 5.41. The number of halogens is 2. The first-order valence-corrected chi connectivity index (χ1v) is 12.5. The number of carbonyl (C=O) groups excluding carboxylic acids is 2. The van der Waals surface area contributed by atoms with Gasteiger partial charge in [0.25, 0.3) is 0 Å². The summed E-state index contributed by atoms with van der Waals surface area (Å²) in [5.74, 6) is -0.474. The number of amides is 2. The van der Waals surface area contributed by atoms with Crippen LogP contribution in [0.25, 0.3) is 0 Å². The minimum absolute atomic E-state index is 0.224. The van der Waals surface area contributed by atoms with Gasteiger partial charge in [0.05, 0.1) is 28.3 Å². The van der Waals surface area contributed by atoms with Crippen molar-refractivity contribution in [3.8, 4) is 0 Å². The molecule has 0 aromatic heterocycles. The third-order valence-corrected chi connectivity index (χ3v) is 7.29. The highest BCUT2D eigenvalue weighted by Gasteiger charge is 2.38. The summed E-state index contributed by atoms with van der Waals surface area (Å²) in [6.07, 6.45) is 0. The number of nitrogens with one attached hydrogen (secondary N) is 1. The normalized spacial score (nSPS) is 19.6. The van der Waals surface area contributed by atoms with Crippen LogP contribution in [0.4, 0.5) is 4.79 Å². The van der Waals surface area contributed by atoms with E-state index in [2.05, 4.69) is 39.4 Å². The van der Waals surface area contributed by atoms with Gasteiger partial charge in [-0.25, -0.2) is 9.59 Å². The molecule has 2 heterocycles. The van der Waals surface area contributed by atoms with Crippen molar-refractivity contribution in [2.75, 3.05) is 46.4 Å². The number of nitrogens with zero attached hydrogens (tertiary/aromatic N) is 3. The Hall–Kier alpha value is -2.58. The van der Waals surface area contributed by atoms with Crippen molar-refractivity contribution < 1.29 is 14.3 Å². The van der Waals surface area contributed by atoms with Gasteiger partial charge >= 0.3 is 12.0 Å². The first-order valence-electron chi connectivity index (χ1n) is 11.8. The van der Waals surface area contributed by atoms with Crippen LogP contribution in [0.1, 0.15) is 24.1 Å². The van der Waals surface area contributed by atoms with Crippen molar-refractivity contribution in [1.29, 1.82) is 0 Å². The second-order valence-corrected chi connectivity index (χ2v) is 9.49. The molecule has 0 aliphatic carbocycles. The molecule has 35 heavy (non-hydrogen) atoms. The lowest BCUT2D eigenvalue weighted by atomic mass is 9.94. The quantitative estimate of drug-likeness (QED) is 0.555. The molecule has 2 aliphatic rings. The molecule has 186 valence electrons. The Bertz CT molecular complexity index is 1100. The number of piperazine rings is 1. The molecule has 0 bridgehead atoms. The molecule has 9 heteroatoms. The number of urea groups is 1. The summed E-state index contributed by atoms with van der Waals surface area (Å²) in [4.78, 5) is 32.3. The lowest BCUT2D eigenvalue weighted by Crippen LogP contribution is -2.52. The van der Waals surface area contributed by atoms with Crippen molar-refractivity contribution in [2.45, 2.75) is 19.5 Å². The van der Waals surface area contributed by atoms with Crippen LogP contribution in [0.15, 0.2) is 59.8 Å². The molecule has 0 radical (unpaired) electrons. The van der Waals surface area contributed by atoms with Gasteiger partial charge in [-0.2, -0.15) is 0 Å². The SMILES string of the molecule is CCOC(=O)C1=C(CN2CCN(Cc3ccccc3)CC2)N(C)C(=O)N[C@H]1c1cccc(Cl)c1Cl. The van der Waals surface area contributed by atoms with E-state index >= 15 is 0 Å². The highest BCUT2D eigenvalue weighted by Crippen LogP contribution is 2.37. The smallest absolute Gasteiger partial charge is 0.338 e. The van der Waals surface area contributed by atoms with Crippen molar-refractivity contribution in [3.05, 3.63) is 81.0 Å². The van der Waals surface area contributed by atoms with E-state index in [0.29, 0.717) is 33.4 Å². The summed E-state index contributed by atoms with van der Waals surface area (Å²) >= 11 is 12.7. The van der Waals surface area contributed by atoms with Crippen molar-refractivity contribution in [1.82, 2.24) is 20.0 Å². The second kappa shape index (κ2) is 11.4. The Kier molecular flexibility index (Phi) is 8.34. The monoisotopic (exact) mass is 516 g/mol. The molecule has 2 aromatic rings. The van der Waals surface area contributed by atoms with Gasteiger partial charge in [0, 0.05) is 52.0 Å².